The molecule has 3 nitrogen and oxygen atoms in total. The average molecular weight is 210 g/mol. The molecule has 0 radical (unpaired) electrons. The van der Waals surface area contributed by atoms with Gasteiger partial charge in [-0.15, -0.1) is 0 Å². The van der Waals surface area contributed by atoms with Gasteiger partial charge in [-0.1, -0.05) is 19.8 Å². The third-order valence-electron chi connectivity index (χ3n) is 3.98. The van der Waals surface area contributed by atoms with Gasteiger partial charge >= 0.3 is 0 Å². The van der Waals surface area contributed by atoms with E-state index in [0.717, 1.165) is 19.0 Å². The summed E-state index contributed by atoms with van der Waals surface area (Å²) in [5.74, 6) is 1.18. The maximum absolute atomic E-state index is 12.2. The van der Waals surface area contributed by atoms with E-state index < -0.39 is 0 Å². The number of carbonyl (C=O) groups excluding carboxylic acids is 1. The fourth-order valence-corrected chi connectivity index (χ4v) is 2.32. The second-order valence-corrected chi connectivity index (χ2v) is 5.32. The van der Waals surface area contributed by atoms with E-state index in [4.69, 9.17) is 0 Å². The van der Waals surface area contributed by atoms with Gasteiger partial charge in [0, 0.05) is 6.04 Å². The van der Waals surface area contributed by atoms with Gasteiger partial charge in [0.2, 0.25) is 5.91 Å². The monoisotopic (exact) mass is 210 g/mol. The van der Waals surface area contributed by atoms with E-state index in [1.54, 1.807) is 0 Å². The largest absolute Gasteiger partial charge is 0.326 e. The summed E-state index contributed by atoms with van der Waals surface area (Å²) < 4.78 is 0. The van der Waals surface area contributed by atoms with E-state index in [2.05, 4.69) is 19.2 Å². The molecule has 1 aliphatic carbocycles. The summed E-state index contributed by atoms with van der Waals surface area (Å²) in [5, 5.41) is 3.33. The van der Waals surface area contributed by atoms with Crippen molar-refractivity contribution in [1.82, 2.24) is 10.2 Å². The number of hydrogen-bond donors (Lipinski definition) is 1. The van der Waals surface area contributed by atoms with E-state index >= 15 is 0 Å². The smallest absolute Gasteiger partial charge is 0.243 e. The number of rotatable bonds is 4. The molecule has 1 heterocycles. The van der Waals surface area contributed by atoms with Gasteiger partial charge < -0.3 is 4.90 Å². The van der Waals surface area contributed by atoms with Crippen molar-refractivity contribution in [2.45, 2.75) is 58.0 Å². The SMILES string of the molecule is CCC1(C)NCN(C(C)CC2CC2)C1=O. The molecule has 2 aliphatic rings. The fraction of sp³-hybridized carbons (Fsp3) is 0.917. The first kappa shape index (κ1) is 10.9. The molecule has 0 aromatic carbocycles. The molecule has 86 valence electrons. The first-order chi connectivity index (χ1) is 7.07. The summed E-state index contributed by atoms with van der Waals surface area (Å²) in [7, 11) is 0. The van der Waals surface area contributed by atoms with Crippen LogP contribution in [0.15, 0.2) is 0 Å². The molecule has 0 bridgehead atoms. The normalized spacial score (nSPS) is 33.5. The van der Waals surface area contributed by atoms with Crippen molar-refractivity contribution in [3.8, 4) is 0 Å². The Hall–Kier alpha value is -0.570. The highest BCUT2D eigenvalue weighted by molar-refractivity contribution is 5.88. The lowest BCUT2D eigenvalue weighted by Crippen LogP contribution is -2.44. The summed E-state index contributed by atoms with van der Waals surface area (Å²) in [4.78, 5) is 14.2. The Labute approximate surface area is 92.2 Å². The van der Waals surface area contributed by atoms with E-state index in [1.165, 1.54) is 19.3 Å². The van der Waals surface area contributed by atoms with Crippen molar-refractivity contribution in [3.05, 3.63) is 0 Å². The predicted molar refractivity (Wildman–Crippen MR) is 60.3 cm³/mol. The van der Waals surface area contributed by atoms with E-state index in [1.807, 2.05) is 11.8 Å². The molecule has 2 atom stereocenters. The van der Waals surface area contributed by atoms with Crippen LogP contribution in [0.2, 0.25) is 0 Å². The standard InChI is InChI=1S/C12H22N2O/c1-4-12(3)11(15)14(8-13-12)9(2)7-10-5-6-10/h9-10,13H,4-8H2,1-3H3. The van der Waals surface area contributed by atoms with Gasteiger partial charge in [-0.05, 0) is 32.6 Å². The summed E-state index contributed by atoms with van der Waals surface area (Å²) in [6.45, 7) is 7.00. The molecule has 1 saturated carbocycles. The molecule has 2 fully saturated rings. The quantitative estimate of drug-likeness (QED) is 0.766. The molecule has 15 heavy (non-hydrogen) atoms. The zero-order valence-electron chi connectivity index (χ0n) is 10.0. The van der Waals surface area contributed by atoms with E-state index in [0.29, 0.717) is 6.04 Å². The van der Waals surface area contributed by atoms with E-state index in [9.17, 15) is 4.79 Å². The van der Waals surface area contributed by atoms with Crippen molar-refractivity contribution in [3.63, 3.8) is 0 Å². The maximum atomic E-state index is 12.2. The minimum atomic E-state index is -0.308. The lowest BCUT2D eigenvalue weighted by Gasteiger charge is -2.26. The third-order valence-corrected chi connectivity index (χ3v) is 3.98. The van der Waals surface area contributed by atoms with Gasteiger partial charge in [0.25, 0.3) is 0 Å². The Morgan fingerprint density at radius 3 is 2.73 bits per heavy atom. The number of nitrogens with zero attached hydrogens (tertiary/aromatic N) is 1. The average Bonchev–Trinajstić information content (AvgIpc) is 2.96. The van der Waals surface area contributed by atoms with Gasteiger partial charge in [-0.3, -0.25) is 10.1 Å². The molecule has 1 N–H and O–H groups in total. The van der Waals surface area contributed by atoms with Crippen LogP contribution < -0.4 is 5.32 Å². The van der Waals surface area contributed by atoms with Crippen LogP contribution in [0.1, 0.15) is 46.5 Å². The van der Waals surface area contributed by atoms with Crippen LogP contribution in [0, 0.1) is 5.92 Å². The lowest BCUT2D eigenvalue weighted by molar-refractivity contribution is -0.133. The van der Waals surface area contributed by atoms with Crippen LogP contribution in [-0.2, 0) is 4.79 Å². The molecule has 0 aromatic rings. The van der Waals surface area contributed by atoms with Crippen molar-refractivity contribution in [2.75, 3.05) is 6.67 Å². The third kappa shape index (κ3) is 2.03. The minimum absolute atomic E-state index is 0.290. The molecular formula is C12H22N2O. The van der Waals surface area contributed by atoms with Crippen molar-refractivity contribution in [1.29, 1.82) is 0 Å². The Morgan fingerprint density at radius 1 is 1.60 bits per heavy atom. The maximum Gasteiger partial charge on any atom is 0.243 e. The van der Waals surface area contributed by atoms with Crippen LogP contribution in [-0.4, -0.2) is 29.1 Å². The van der Waals surface area contributed by atoms with Gasteiger partial charge in [0.1, 0.15) is 0 Å². The van der Waals surface area contributed by atoms with Gasteiger partial charge in [0.15, 0.2) is 0 Å². The van der Waals surface area contributed by atoms with Gasteiger partial charge in [-0.25, -0.2) is 0 Å². The summed E-state index contributed by atoms with van der Waals surface area (Å²) in [5.41, 5.74) is -0.308. The second kappa shape index (κ2) is 3.78. The number of amides is 1. The molecule has 2 rings (SSSR count). The molecule has 1 amide bonds. The van der Waals surface area contributed by atoms with Crippen LogP contribution in [0.4, 0.5) is 0 Å². The Balaban J connectivity index is 1.96. The highest BCUT2D eigenvalue weighted by atomic mass is 16.2. The lowest BCUT2D eigenvalue weighted by atomic mass is 9.98. The van der Waals surface area contributed by atoms with E-state index in [-0.39, 0.29) is 11.4 Å². The summed E-state index contributed by atoms with van der Waals surface area (Å²) in [6.07, 6.45) is 4.79. The molecule has 2 unspecified atom stereocenters. The van der Waals surface area contributed by atoms with Crippen molar-refractivity contribution >= 4 is 5.91 Å². The molecule has 0 aromatic heterocycles. The van der Waals surface area contributed by atoms with Crippen LogP contribution >= 0.6 is 0 Å². The second-order valence-electron chi connectivity index (χ2n) is 5.32. The van der Waals surface area contributed by atoms with Crippen LogP contribution in [0.25, 0.3) is 0 Å². The number of carbonyl (C=O) groups is 1. The zero-order chi connectivity index (χ0) is 11.1. The summed E-state index contributed by atoms with van der Waals surface area (Å²) >= 11 is 0. The van der Waals surface area contributed by atoms with Crippen LogP contribution in [0.3, 0.4) is 0 Å². The molecule has 3 heteroatoms. The highest BCUT2D eigenvalue weighted by Crippen LogP contribution is 2.35. The predicted octanol–water partition coefficient (Wildman–Crippen LogP) is 1.73. The zero-order valence-corrected chi connectivity index (χ0v) is 10.0. The first-order valence-corrected chi connectivity index (χ1v) is 6.13. The molecule has 0 spiro atoms. The molecule has 1 saturated heterocycles. The van der Waals surface area contributed by atoms with Crippen LogP contribution in [0.5, 0.6) is 0 Å². The van der Waals surface area contributed by atoms with Crippen molar-refractivity contribution in [2.24, 2.45) is 5.92 Å². The first-order valence-electron chi connectivity index (χ1n) is 6.13. The number of nitrogens with one attached hydrogen (secondary N) is 1. The number of hydrogen-bond acceptors (Lipinski definition) is 2. The highest BCUT2D eigenvalue weighted by Gasteiger charge is 2.43. The van der Waals surface area contributed by atoms with Gasteiger partial charge in [-0.2, -0.15) is 0 Å². The van der Waals surface area contributed by atoms with Gasteiger partial charge in [0.05, 0.1) is 12.2 Å². The Kier molecular flexibility index (Phi) is 2.75. The Morgan fingerprint density at radius 2 is 2.27 bits per heavy atom. The molecular weight excluding hydrogens is 188 g/mol. The minimum Gasteiger partial charge on any atom is -0.326 e. The summed E-state index contributed by atoms with van der Waals surface area (Å²) in [6, 6.07) is 0.408. The topological polar surface area (TPSA) is 32.3 Å². The van der Waals surface area contributed by atoms with Crippen molar-refractivity contribution < 1.29 is 4.79 Å². The molecule has 1 aliphatic heterocycles. The Bertz CT molecular complexity index is 262. The fourth-order valence-electron chi connectivity index (χ4n) is 2.32.